The third-order valence-electron chi connectivity index (χ3n) is 5.59. The van der Waals surface area contributed by atoms with Gasteiger partial charge in [-0.15, -0.1) is 0 Å². The second kappa shape index (κ2) is 8.65. The molecule has 31 heavy (non-hydrogen) atoms. The Morgan fingerprint density at radius 1 is 0.968 bits per heavy atom. The van der Waals surface area contributed by atoms with Crippen molar-refractivity contribution in [3.8, 4) is 11.1 Å². The Morgan fingerprint density at radius 2 is 1.68 bits per heavy atom. The van der Waals surface area contributed by atoms with Gasteiger partial charge in [0.05, 0.1) is 11.5 Å². The lowest BCUT2D eigenvalue weighted by molar-refractivity contribution is -0.148. The largest absolute Gasteiger partial charge is 0.465 e. The number of carbonyl (C=O) groups excluding carboxylic acids is 1. The van der Waals surface area contributed by atoms with Crippen molar-refractivity contribution >= 4 is 16.0 Å². The Bertz CT molecular complexity index is 1190. The van der Waals surface area contributed by atoms with E-state index < -0.39 is 22.0 Å². The molecule has 1 aliphatic rings. The van der Waals surface area contributed by atoms with Crippen molar-refractivity contribution in [1.82, 2.24) is 4.31 Å². The Hall–Kier alpha value is -2.96. The minimum Gasteiger partial charge on any atom is -0.465 e. The number of sulfonamides is 1. The highest BCUT2D eigenvalue weighted by Crippen LogP contribution is 2.32. The molecule has 5 nitrogen and oxygen atoms in total. The van der Waals surface area contributed by atoms with Crippen molar-refractivity contribution < 1.29 is 17.9 Å². The van der Waals surface area contributed by atoms with E-state index in [0.717, 1.165) is 27.8 Å². The summed E-state index contributed by atoms with van der Waals surface area (Å²) in [4.78, 5) is 13.0. The molecule has 6 heteroatoms. The summed E-state index contributed by atoms with van der Waals surface area (Å²) < 4.78 is 33.4. The summed E-state index contributed by atoms with van der Waals surface area (Å²) in [5, 5.41) is 0. The zero-order valence-electron chi connectivity index (χ0n) is 17.6. The molecule has 0 N–H and O–H groups in total. The molecule has 160 valence electrons. The lowest BCUT2D eigenvalue weighted by Gasteiger charge is -2.34. The van der Waals surface area contributed by atoms with Crippen LogP contribution in [-0.2, 0) is 32.5 Å². The summed E-state index contributed by atoms with van der Waals surface area (Å²) in [6.07, 6.45) is 0.278. The molecule has 1 atom stereocenters. The number of ether oxygens (including phenoxy) is 1. The van der Waals surface area contributed by atoms with Crippen LogP contribution in [0, 0.1) is 6.92 Å². The van der Waals surface area contributed by atoms with Gasteiger partial charge in [0.1, 0.15) is 6.04 Å². The van der Waals surface area contributed by atoms with Crippen LogP contribution in [0.15, 0.2) is 77.7 Å². The fourth-order valence-electron chi connectivity index (χ4n) is 3.91. The van der Waals surface area contributed by atoms with Gasteiger partial charge in [-0.2, -0.15) is 4.31 Å². The molecule has 0 spiro atoms. The van der Waals surface area contributed by atoms with Crippen molar-refractivity contribution in [2.75, 3.05) is 6.61 Å². The van der Waals surface area contributed by atoms with Gasteiger partial charge in [0.15, 0.2) is 0 Å². The zero-order valence-corrected chi connectivity index (χ0v) is 18.4. The molecule has 0 saturated heterocycles. The number of hydrogen-bond acceptors (Lipinski definition) is 4. The Labute approximate surface area is 183 Å². The van der Waals surface area contributed by atoms with Gasteiger partial charge >= 0.3 is 5.97 Å². The second-order valence-electron chi connectivity index (χ2n) is 7.68. The van der Waals surface area contributed by atoms with Crippen LogP contribution < -0.4 is 0 Å². The first-order chi connectivity index (χ1) is 14.9. The number of aryl methyl sites for hydroxylation is 1. The van der Waals surface area contributed by atoms with E-state index in [-0.39, 0.29) is 24.5 Å². The molecule has 1 aliphatic heterocycles. The summed E-state index contributed by atoms with van der Waals surface area (Å²) in [6.45, 7) is 3.95. The number of fused-ring (bicyclic) bond motifs is 1. The maximum absolute atomic E-state index is 13.4. The summed E-state index contributed by atoms with van der Waals surface area (Å²) in [5.41, 5.74) is 4.95. The van der Waals surface area contributed by atoms with Crippen LogP contribution in [0.1, 0.15) is 23.6 Å². The average molecular weight is 436 g/mol. The zero-order chi connectivity index (χ0) is 22.0. The van der Waals surface area contributed by atoms with Crippen LogP contribution >= 0.6 is 0 Å². The molecule has 1 heterocycles. The Balaban J connectivity index is 1.74. The Morgan fingerprint density at radius 3 is 2.35 bits per heavy atom. The van der Waals surface area contributed by atoms with Crippen LogP contribution in [0.25, 0.3) is 11.1 Å². The second-order valence-corrected chi connectivity index (χ2v) is 9.58. The SMILES string of the molecule is CCOC(=O)C1Cc2cc(-c3ccccc3)ccc2CN1S(=O)(=O)c1ccc(C)cc1. The highest BCUT2D eigenvalue weighted by atomic mass is 32.2. The predicted octanol–water partition coefficient (Wildman–Crippen LogP) is 4.34. The number of nitrogens with zero attached hydrogens (tertiary/aromatic N) is 1. The minimum atomic E-state index is -3.86. The molecule has 0 radical (unpaired) electrons. The van der Waals surface area contributed by atoms with E-state index >= 15 is 0 Å². The molecule has 4 rings (SSSR count). The van der Waals surface area contributed by atoms with Gasteiger partial charge < -0.3 is 4.74 Å². The quantitative estimate of drug-likeness (QED) is 0.559. The number of esters is 1. The molecular weight excluding hydrogens is 410 g/mol. The highest BCUT2D eigenvalue weighted by Gasteiger charge is 2.40. The third kappa shape index (κ3) is 4.27. The molecule has 0 aliphatic carbocycles. The maximum atomic E-state index is 13.4. The lowest BCUT2D eigenvalue weighted by Crippen LogP contribution is -2.49. The van der Waals surface area contributed by atoms with E-state index in [0.29, 0.717) is 0 Å². The third-order valence-corrected chi connectivity index (χ3v) is 7.46. The number of benzene rings is 3. The minimum absolute atomic E-state index is 0.129. The number of hydrogen-bond donors (Lipinski definition) is 0. The summed E-state index contributed by atoms with van der Waals surface area (Å²) in [6, 6.07) is 21.8. The molecule has 0 fully saturated rings. The normalized spacial score (nSPS) is 16.5. The van der Waals surface area contributed by atoms with Gasteiger partial charge in [-0.05, 0) is 48.2 Å². The van der Waals surface area contributed by atoms with E-state index in [1.165, 1.54) is 4.31 Å². The first kappa shape index (κ1) is 21.3. The predicted molar refractivity (Wildman–Crippen MR) is 120 cm³/mol. The van der Waals surface area contributed by atoms with E-state index in [9.17, 15) is 13.2 Å². The highest BCUT2D eigenvalue weighted by molar-refractivity contribution is 7.89. The molecule has 0 saturated carbocycles. The maximum Gasteiger partial charge on any atom is 0.324 e. The fourth-order valence-corrected chi connectivity index (χ4v) is 5.46. The monoisotopic (exact) mass is 435 g/mol. The van der Waals surface area contributed by atoms with Crippen molar-refractivity contribution in [2.24, 2.45) is 0 Å². The molecule has 1 unspecified atom stereocenters. The van der Waals surface area contributed by atoms with E-state index in [1.54, 1.807) is 31.2 Å². The topological polar surface area (TPSA) is 63.7 Å². The Kier molecular flexibility index (Phi) is 5.94. The van der Waals surface area contributed by atoms with Crippen LogP contribution in [0.4, 0.5) is 0 Å². The summed E-state index contributed by atoms with van der Waals surface area (Å²) in [5.74, 6) is -0.519. The number of rotatable bonds is 5. The van der Waals surface area contributed by atoms with Crippen molar-refractivity contribution in [1.29, 1.82) is 0 Å². The van der Waals surface area contributed by atoms with Gasteiger partial charge in [-0.1, -0.05) is 66.2 Å². The number of carbonyl (C=O) groups is 1. The first-order valence-electron chi connectivity index (χ1n) is 10.3. The molecular formula is C25H25NO4S. The van der Waals surface area contributed by atoms with Gasteiger partial charge in [0.25, 0.3) is 0 Å². The summed E-state index contributed by atoms with van der Waals surface area (Å²) in [7, 11) is -3.86. The van der Waals surface area contributed by atoms with Gasteiger partial charge in [-0.3, -0.25) is 4.79 Å². The van der Waals surface area contributed by atoms with Crippen molar-refractivity contribution in [2.45, 2.75) is 37.8 Å². The van der Waals surface area contributed by atoms with Crippen molar-refractivity contribution in [3.63, 3.8) is 0 Å². The van der Waals surface area contributed by atoms with Gasteiger partial charge in [0.2, 0.25) is 10.0 Å². The molecule has 3 aromatic carbocycles. The standard InChI is InChI=1S/C25H25NO4S/c1-3-30-25(27)24-16-22-15-20(19-7-5-4-6-8-19)11-12-21(22)17-26(24)31(28,29)23-13-9-18(2)10-14-23/h4-15,24H,3,16-17H2,1-2H3. The van der Waals surface area contributed by atoms with E-state index in [4.69, 9.17) is 4.74 Å². The van der Waals surface area contributed by atoms with E-state index in [1.807, 2.05) is 55.5 Å². The first-order valence-corrected chi connectivity index (χ1v) is 11.8. The molecule has 3 aromatic rings. The molecule has 0 amide bonds. The van der Waals surface area contributed by atoms with Gasteiger partial charge in [-0.25, -0.2) is 8.42 Å². The average Bonchev–Trinajstić information content (AvgIpc) is 2.79. The van der Waals surface area contributed by atoms with Crippen LogP contribution in [0.2, 0.25) is 0 Å². The van der Waals surface area contributed by atoms with E-state index in [2.05, 4.69) is 0 Å². The van der Waals surface area contributed by atoms with Crippen LogP contribution in [0.3, 0.4) is 0 Å². The van der Waals surface area contributed by atoms with Gasteiger partial charge in [0, 0.05) is 13.0 Å². The molecule has 0 aromatic heterocycles. The van der Waals surface area contributed by atoms with Crippen LogP contribution in [0.5, 0.6) is 0 Å². The fraction of sp³-hybridized carbons (Fsp3) is 0.240. The lowest BCUT2D eigenvalue weighted by atomic mass is 9.92. The van der Waals surface area contributed by atoms with Crippen molar-refractivity contribution in [3.05, 3.63) is 89.5 Å². The molecule has 0 bridgehead atoms. The smallest absolute Gasteiger partial charge is 0.324 e. The summed E-state index contributed by atoms with van der Waals surface area (Å²) >= 11 is 0. The van der Waals surface area contributed by atoms with Crippen LogP contribution in [-0.4, -0.2) is 31.3 Å².